The molecule has 6 nitrogen and oxygen atoms in total. The van der Waals surface area contributed by atoms with Gasteiger partial charge in [0.1, 0.15) is 6.73 Å². The number of rotatable bonds is 5. The van der Waals surface area contributed by atoms with E-state index in [-0.39, 0.29) is 6.73 Å². The maximum Gasteiger partial charge on any atom is 0.215 e. The predicted octanol–water partition coefficient (Wildman–Crippen LogP) is 0.420. The molecular weight excluding hydrogens is 136 g/mol. The Hall–Kier alpha value is -0.810. The van der Waals surface area contributed by atoms with Crippen LogP contribution in [0.15, 0.2) is 5.11 Å². The number of methoxy groups -OCH3 is 1. The minimum atomic E-state index is -0.509. The topological polar surface area (TPSA) is 79.2 Å². The van der Waals surface area contributed by atoms with Gasteiger partial charge in [0.05, 0.1) is 0 Å². The van der Waals surface area contributed by atoms with E-state index in [1.807, 2.05) is 0 Å². The minimum Gasteiger partial charge on any atom is -0.343 e. The summed E-state index contributed by atoms with van der Waals surface area (Å²) in [6.07, 6.45) is -0.509. The molecule has 0 saturated carbocycles. The summed E-state index contributed by atoms with van der Waals surface area (Å²) in [5, 5.41) is 5.83. The molecule has 1 atom stereocenters. The number of nitrogens with one attached hydrogen (secondary N) is 1. The van der Waals surface area contributed by atoms with E-state index in [2.05, 4.69) is 15.3 Å². The van der Waals surface area contributed by atoms with E-state index in [1.165, 1.54) is 7.11 Å². The second-order valence-corrected chi connectivity index (χ2v) is 1.38. The van der Waals surface area contributed by atoms with Crippen LogP contribution in [0, 0.1) is 0 Å². The van der Waals surface area contributed by atoms with Gasteiger partial charge in [0.2, 0.25) is 6.41 Å². The lowest BCUT2D eigenvalue weighted by Crippen LogP contribution is -2.29. The van der Waals surface area contributed by atoms with E-state index in [9.17, 15) is 0 Å². The van der Waals surface area contributed by atoms with Gasteiger partial charge in [-0.3, -0.25) is 5.32 Å². The van der Waals surface area contributed by atoms with Crippen LogP contribution < -0.4 is 5.32 Å². The summed E-state index contributed by atoms with van der Waals surface area (Å²) in [7, 11) is 3.15. The molecular formula is C4H10N4O2. The number of ether oxygens (including phenoxy) is 2. The summed E-state index contributed by atoms with van der Waals surface area (Å²) < 4.78 is 9.56. The quantitative estimate of drug-likeness (QED) is 0.264. The highest BCUT2D eigenvalue weighted by Gasteiger charge is 1.99. The fourth-order valence-electron chi connectivity index (χ4n) is 0.396. The third kappa shape index (κ3) is 4.11. The van der Waals surface area contributed by atoms with Gasteiger partial charge in [-0.15, -0.1) is 0 Å². The molecule has 0 aliphatic carbocycles. The molecule has 0 radical (unpaired) electrons. The molecule has 58 valence electrons. The van der Waals surface area contributed by atoms with Gasteiger partial charge in [-0.05, 0) is 12.6 Å². The van der Waals surface area contributed by atoms with Gasteiger partial charge in [0.25, 0.3) is 0 Å². The first kappa shape index (κ1) is 9.19. The van der Waals surface area contributed by atoms with Crippen molar-refractivity contribution in [1.29, 1.82) is 0 Å². The normalized spacial score (nSPS) is 12.2. The van der Waals surface area contributed by atoms with Gasteiger partial charge in [-0.1, -0.05) is 5.11 Å². The van der Waals surface area contributed by atoms with E-state index in [1.54, 1.807) is 7.05 Å². The Morgan fingerprint density at radius 1 is 1.80 bits per heavy atom. The van der Waals surface area contributed by atoms with Gasteiger partial charge >= 0.3 is 0 Å². The number of hydrogen-bond acceptors (Lipinski definition) is 4. The maximum atomic E-state index is 7.84. The molecule has 0 aromatic carbocycles. The average molecular weight is 146 g/mol. The molecule has 0 fully saturated rings. The number of nitrogens with zero attached hydrogens (tertiary/aromatic N) is 3. The summed E-state index contributed by atoms with van der Waals surface area (Å²) >= 11 is 0. The fourth-order valence-corrected chi connectivity index (χ4v) is 0.396. The Morgan fingerprint density at radius 3 is 2.90 bits per heavy atom. The van der Waals surface area contributed by atoms with E-state index >= 15 is 0 Å². The highest BCUT2D eigenvalue weighted by atomic mass is 16.7. The largest absolute Gasteiger partial charge is 0.343 e. The molecule has 10 heavy (non-hydrogen) atoms. The molecule has 0 aliphatic heterocycles. The van der Waals surface area contributed by atoms with E-state index < -0.39 is 6.41 Å². The van der Waals surface area contributed by atoms with E-state index in [0.29, 0.717) is 0 Å². The monoisotopic (exact) mass is 146 g/mol. The van der Waals surface area contributed by atoms with Gasteiger partial charge in [0.15, 0.2) is 0 Å². The maximum absolute atomic E-state index is 7.84. The first-order chi connectivity index (χ1) is 4.85. The molecule has 0 aromatic rings. The molecule has 0 rings (SSSR count). The van der Waals surface area contributed by atoms with Crippen molar-refractivity contribution in [3.05, 3.63) is 10.4 Å². The van der Waals surface area contributed by atoms with Crippen LogP contribution in [0.1, 0.15) is 0 Å². The molecule has 0 spiro atoms. The summed E-state index contributed by atoms with van der Waals surface area (Å²) in [5.74, 6) is 0. The van der Waals surface area contributed by atoms with Crippen molar-refractivity contribution in [1.82, 2.24) is 5.32 Å². The second-order valence-electron chi connectivity index (χ2n) is 1.38. The average Bonchev–Trinajstić information content (AvgIpc) is 1.99. The Bertz CT molecular complexity index is 118. The number of azide groups is 1. The van der Waals surface area contributed by atoms with Gasteiger partial charge in [0, 0.05) is 12.0 Å². The highest BCUT2D eigenvalue weighted by Crippen LogP contribution is 1.86. The lowest BCUT2D eigenvalue weighted by atomic mass is 11.0. The van der Waals surface area contributed by atoms with Gasteiger partial charge < -0.3 is 9.47 Å². The van der Waals surface area contributed by atoms with E-state index in [4.69, 9.17) is 15.0 Å². The van der Waals surface area contributed by atoms with Crippen molar-refractivity contribution < 1.29 is 9.47 Å². The van der Waals surface area contributed by atoms with Crippen LogP contribution in [0.4, 0.5) is 0 Å². The molecule has 6 heteroatoms. The molecule has 0 amide bonds. The van der Waals surface area contributed by atoms with Crippen LogP contribution in [-0.2, 0) is 9.47 Å². The Balaban J connectivity index is 3.34. The molecule has 0 bridgehead atoms. The molecule has 0 aromatic heterocycles. The van der Waals surface area contributed by atoms with E-state index in [0.717, 1.165) is 0 Å². The first-order valence-corrected chi connectivity index (χ1v) is 2.67. The Labute approximate surface area is 58.7 Å². The Morgan fingerprint density at radius 2 is 2.50 bits per heavy atom. The van der Waals surface area contributed by atoms with Crippen LogP contribution in [-0.4, -0.2) is 27.3 Å². The van der Waals surface area contributed by atoms with Crippen LogP contribution in [0.2, 0.25) is 0 Å². The lowest BCUT2D eigenvalue weighted by molar-refractivity contribution is -0.137. The second kappa shape index (κ2) is 6.31. The third-order valence-corrected chi connectivity index (χ3v) is 0.797. The molecule has 0 saturated heterocycles. The van der Waals surface area contributed by atoms with Gasteiger partial charge in [-0.2, -0.15) is 0 Å². The SMILES string of the molecule is CNC(OC)OCN=[N+]=[N-]. The van der Waals surface area contributed by atoms with Crippen molar-refractivity contribution in [2.24, 2.45) is 5.11 Å². The molecule has 1 unspecified atom stereocenters. The van der Waals surface area contributed by atoms with Crippen molar-refractivity contribution >= 4 is 0 Å². The van der Waals surface area contributed by atoms with Crippen LogP contribution >= 0.6 is 0 Å². The van der Waals surface area contributed by atoms with Crippen LogP contribution in [0.25, 0.3) is 10.4 Å². The predicted molar refractivity (Wildman–Crippen MR) is 35.0 cm³/mol. The Kier molecular flexibility index (Phi) is 5.80. The van der Waals surface area contributed by atoms with Crippen molar-refractivity contribution in [2.75, 3.05) is 20.9 Å². The standard InChI is InChI=1S/C4H10N4O2/c1-6-4(9-2)10-3-7-8-5/h4,6H,3H2,1-2H3. The summed E-state index contributed by atoms with van der Waals surface area (Å²) in [6.45, 7) is -0.0319. The molecule has 0 heterocycles. The number of hydrogen-bond donors (Lipinski definition) is 1. The minimum absolute atomic E-state index is 0.0319. The molecule has 1 N–H and O–H groups in total. The zero-order valence-corrected chi connectivity index (χ0v) is 5.94. The van der Waals surface area contributed by atoms with Gasteiger partial charge in [-0.25, -0.2) is 0 Å². The van der Waals surface area contributed by atoms with Crippen LogP contribution in [0.5, 0.6) is 0 Å². The summed E-state index contributed by atoms with van der Waals surface area (Å²) in [5.41, 5.74) is 7.84. The molecule has 0 aliphatic rings. The fraction of sp³-hybridized carbons (Fsp3) is 1.00. The summed E-state index contributed by atoms with van der Waals surface area (Å²) in [6, 6.07) is 0. The lowest BCUT2D eigenvalue weighted by Gasteiger charge is -2.12. The van der Waals surface area contributed by atoms with Crippen LogP contribution in [0.3, 0.4) is 0 Å². The van der Waals surface area contributed by atoms with Crippen molar-refractivity contribution in [3.63, 3.8) is 0 Å². The smallest absolute Gasteiger partial charge is 0.215 e. The van der Waals surface area contributed by atoms with Crippen molar-refractivity contribution in [3.8, 4) is 0 Å². The van der Waals surface area contributed by atoms with Crippen molar-refractivity contribution in [2.45, 2.75) is 6.41 Å². The first-order valence-electron chi connectivity index (χ1n) is 2.67. The third-order valence-electron chi connectivity index (χ3n) is 0.797. The highest BCUT2D eigenvalue weighted by molar-refractivity contribution is 4.38. The zero-order chi connectivity index (χ0) is 7.82. The summed E-state index contributed by atoms with van der Waals surface area (Å²) in [4.78, 5) is 2.49. The zero-order valence-electron chi connectivity index (χ0n) is 5.94.